The second-order valence-electron chi connectivity index (χ2n) is 7.81. The van der Waals surface area contributed by atoms with Crippen LogP contribution in [0.2, 0.25) is 0 Å². The summed E-state index contributed by atoms with van der Waals surface area (Å²) >= 11 is 0. The quantitative estimate of drug-likeness (QED) is 0.803. The molecule has 0 amide bonds. The van der Waals surface area contributed by atoms with Gasteiger partial charge in [-0.2, -0.15) is 0 Å². The first-order valence-electron chi connectivity index (χ1n) is 10.2. The molecule has 1 N–H and O–H groups in total. The molecule has 0 aromatic heterocycles. The molecule has 2 aliphatic rings. The molecule has 1 aliphatic heterocycles. The molecule has 0 unspecified atom stereocenters. The topological polar surface area (TPSA) is 49.8 Å². The van der Waals surface area contributed by atoms with Crippen LogP contribution in [0, 0.1) is 5.92 Å². The highest BCUT2D eigenvalue weighted by atomic mass is 16.5. The molecule has 1 saturated heterocycles. The van der Waals surface area contributed by atoms with Crippen LogP contribution in [-0.2, 0) is 9.53 Å². The van der Waals surface area contributed by atoms with Gasteiger partial charge in [-0.25, -0.2) is 0 Å². The Balaban J connectivity index is 2.16. The van der Waals surface area contributed by atoms with Gasteiger partial charge in [-0.05, 0) is 44.7 Å². The number of hydrogen-bond donors (Lipinski definition) is 1. The molecule has 0 radical (unpaired) electrons. The summed E-state index contributed by atoms with van der Waals surface area (Å²) in [6.45, 7) is 2.14. The van der Waals surface area contributed by atoms with E-state index in [1.54, 1.807) is 7.11 Å². The fraction of sp³-hybridized carbons (Fsp3) is 0.950. The minimum atomic E-state index is -0.810. The Hall–Kier alpha value is -0.610. The van der Waals surface area contributed by atoms with E-state index in [4.69, 9.17) is 4.74 Å². The number of likely N-dealkylation sites (tertiary alicyclic amines) is 1. The van der Waals surface area contributed by atoms with Gasteiger partial charge >= 0.3 is 5.97 Å². The maximum atomic E-state index is 12.5. The van der Waals surface area contributed by atoms with Gasteiger partial charge in [0.1, 0.15) is 5.54 Å². The molecule has 4 heteroatoms. The third-order valence-electron chi connectivity index (χ3n) is 6.19. The average molecular weight is 340 g/mol. The molecule has 24 heavy (non-hydrogen) atoms. The zero-order valence-electron chi connectivity index (χ0n) is 15.6. The van der Waals surface area contributed by atoms with Crippen LogP contribution in [-0.4, -0.2) is 48.3 Å². The van der Waals surface area contributed by atoms with E-state index in [1.165, 1.54) is 44.9 Å². The Morgan fingerprint density at radius 3 is 1.79 bits per heavy atom. The Labute approximate surface area is 147 Å². The summed E-state index contributed by atoms with van der Waals surface area (Å²) in [5.41, 5.74) is -0.810. The number of carboxylic acids is 1. The predicted octanol–water partition coefficient (Wildman–Crippen LogP) is 4.47. The van der Waals surface area contributed by atoms with Crippen LogP contribution in [0.1, 0.15) is 83.5 Å². The lowest BCUT2D eigenvalue weighted by Gasteiger charge is -2.44. The van der Waals surface area contributed by atoms with Crippen LogP contribution in [0.5, 0.6) is 0 Å². The highest BCUT2D eigenvalue weighted by molar-refractivity contribution is 5.79. The van der Waals surface area contributed by atoms with Gasteiger partial charge in [-0.3, -0.25) is 9.69 Å². The van der Waals surface area contributed by atoms with E-state index in [-0.39, 0.29) is 5.92 Å². The van der Waals surface area contributed by atoms with Crippen LogP contribution in [0.25, 0.3) is 0 Å². The highest BCUT2D eigenvalue weighted by Gasteiger charge is 2.50. The maximum absolute atomic E-state index is 12.5. The largest absolute Gasteiger partial charge is 0.480 e. The highest BCUT2D eigenvalue weighted by Crippen LogP contribution is 2.37. The average Bonchev–Trinajstić information content (AvgIpc) is 3.08. The van der Waals surface area contributed by atoms with E-state index in [9.17, 15) is 9.90 Å². The number of nitrogens with zero attached hydrogens (tertiary/aromatic N) is 1. The molecular weight excluding hydrogens is 302 g/mol. The molecule has 1 atom stereocenters. The molecule has 1 heterocycles. The molecule has 140 valence electrons. The zero-order valence-corrected chi connectivity index (χ0v) is 15.6. The number of methoxy groups -OCH3 is 1. The monoisotopic (exact) mass is 339 g/mol. The van der Waals surface area contributed by atoms with Crippen molar-refractivity contribution in [2.75, 3.05) is 26.8 Å². The summed E-state index contributed by atoms with van der Waals surface area (Å²) in [4.78, 5) is 14.7. The third kappa shape index (κ3) is 4.95. The van der Waals surface area contributed by atoms with Crippen molar-refractivity contribution in [1.82, 2.24) is 4.90 Å². The van der Waals surface area contributed by atoms with Crippen molar-refractivity contribution in [2.45, 2.75) is 89.0 Å². The molecular formula is C20H37NO3. The molecule has 0 spiro atoms. The molecule has 2 fully saturated rings. The third-order valence-corrected chi connectivity index (χ3v) is 6.19. The van der Waals surface area contributed by atoms with Crippen LogP contribution in [0.3, 0.4) is 0 Å². The fourth-order valence-electron chi connectivity index (χ4n) is 4.82. The lowest BCUT2D eigenvalue weighted by Crippen LogP contribution is -2.61. The Bertz CT molecular complexity index is 356. The predicted molar refractivity (Wildman–Crippen MR) is 97.3 cm³/mol. The zero-order chi connectivity index (χ0) is 17.3. The van der Waals surface area contributed by atoms with Crippen molar-refractivity contribution >= 4 is 5.97 Å². The molecule has 1 aliphatic carbocycles. The van der Waals surface area contributed by atoms with Crippen molar-refractivity contribution in [3.8, 4) is 0 Å². The van der Waals surface area contributed by atoms with Gasteiger partial charge in [-0.15, -0.1) is 0 Å². The first kappa shape index (κ1) is 19.7. The summed E-state index contributed by atoms with van der Waals surface area (Å²) in [6, 6.07) is 0. The number of hydrogen-bond acceptors (Lipinski definition) is 3. The molecule has 4 nitrogen and oxygen atoms in total. The Morgan fingerprint density at radius 1 is 0.917 bits per heavy atom. The minimum absolute atomic E-state index is 0.215. The number of carbonyl (C=O) groups is 1. The van der Waals surface area contributed by atoms with Crippen molar-refractivity contribution in [3.63, 3.8) is 0 Å². The Morgan fingerprint density at radius 2 is 1.38 bits per heavy atom. The van der Waals surface area contributed by atoms with Crippen molar-refractivity contribution in [1.29, 1.82) is 0 Å². The molecule has 0 aromatic rings. The van der Waals surface area contributed by atoms with E-state index < -0.39 is 11.5 Å². The summed E-state index contributed by atoms with van der Waals surface area (Å²) in [7, 11) is 1.66. The van der Waals surface area contributed by atoms with E-state index >= 15 is 0 Å². The maximum Gasteiger partial charge on any atom is 0.326 e. The normalized spacial score (nSPS) is 25.5. The summed E-state index contributed by atoms with van der Waals surface area (Å²) < 4.78 is 5.48. The summed E-state index contributed by atoms with van der Waals surface area (Å²) in [5.74, 6) is -0.448. The number of carboxylic acid groups (broad SMARTS) is 1. The van der Waals surface area contributed by atoms with Gasteiger partial charge < -0.3 is 9.84 Å². The first-order chi connectivity index (χ1) is 11.7. The lowest BCUT2D eigenvalue weighted by atomic mass is 9.76. The van der Waals surface area contributed by atoms with Crippen molar-refractivity contribution < 1.29 is 14.6 Å². The standard InChI is InChI=1S/C20H37NO3/c1-24-17-20(19(22)23,21-15-11-12-16-21)18-13-9-7-5-3-2-4-6-8-10-14-18/h18H,2-17H2,1H3,(H,22,23)/t20-/m1/s1. The van der Waals surface area contributed by atoms with Crippen LogP contribution < -0.4 is 0 Å². The molecule has 0 aromatic carbocycles. The number of ether oxygens (including phenoxy) is 1. The lowest BCUT2D eigenvalue weighted by molar-refractivity contribution is -0.161. The van der Waals surface area contributed by atoms with Gasteiger partial charge in [-0.1, -0.05) is 57.8 Å². The van der Waals surface area contributed by atoms with Crippen LogP contribution >= 0.6 is 0 Å². The van der Waals surface area contributed by atoms with Crippen LogP contribution in [0.15, 0.2) is 0 Å². The van der Waals surface area contributed by atoms with E-state index in [0.29, 0.717) is 6.61 Å². The number of aliphatic carboxylic acids is 1. The van der Waals surface area contributed by atoms with E-state index in [2.05, 4.69) is 4.90 Å². The molecule has 0 bridgehead atoms. The summed E-state index contributed by atoms with van der Waals surface area (Å²) in [6.07, 6.45) is 15.8. The van der Waals surface area contributed by atoms with Crippen molar-refractivity contribution in [3.05, 3.63) is 0 Å². The second kappa shape index (κ2) is 10.4. The van der Waals surface area contributed by atoms with Gasteiger partial charge in [0.25, 0.3) is 0 Å². The van der Waals surface area contributed by atoms with Crippen molar-refractivity contribution in [2.24, 2.45) is 5.92 Å². The molecule has 2 rings (SSSR count). The first-order valence-corrected chi connectivity index (χ1v) is 10.2. The summed E-state index contributed by atoms with van der Waals surface area (Å²) in [5, 5.41) is 10.2. The number of rotatable bonds is 5. The van der Waals surface area contributed by atoms with E-state index in [1.807, 2.05) is 0 Å². The SMILES string of the molecule is COC[C@](C(=O)O)(C1CCCCCCCCCCC1)N1CCCC1. The van der Waals surface area contributed by atoms with Gasteiger partial charge in [0, 0.05) is 7.11 Å². The minimum Gasteiger partial charge on any atom is -0.480 e. The smallest absolute Gasteiger partial charge is 0.326 e. The fourth-order valence-corrected chi connectivity index (χ4v) is 4.82. The van der Waals surface area contributed by atoms with Crippen LogP contribution in [0.4, 0.5) is 0 Å². The van der Waals surface area contributed by atoms with Gasteiger partial charge in [0.15, 0.2) is 0 Å². The van der Waals surface area contributed by atoms with Gasteiger partial charge in [0.05, 0.1) is 6.61 Å². The van der Waals surface area contributed by atoms with E-state index in [0.717, 1.165) is 51.6 Å². The van der Waals surface area contributed by atoms with Gasteiger partial charge in [0.2, 0.25) is 0 Å². The molecule has 1 saturated carbocycles. The Kier molecular flexibility index (Phi) is 8.54. The second-order valence-corrected chi connectivity index (χ2v) is 7.81.